The number of rotatable bonds is 9. The molecule has 0 aromatic heterocycles. The van der Waals surface area contributed by atoms with Crippen LogP contribution in [-0.4, -0.2) is 18.2 Å². The van der Waals surface area contributed by atoms with E-state index in [1.165, 1.54) is 11.5 Å². The molecule has 132 valence electrons. The number of allylic oxidation sites excluding steroid dienone is 2. The molecule has 0 bridgehead atoms. The average Bonchev–Trinajstić information content (AvgIpc) is 3.03. The molecule has 2 rings (SSSR count). The van der Waals surface area contributed by atoms with E-state index in [-0.39, 0.29) is 0 Å². The van der Waals surface area contributed by atoms with Crippen LogP contribution in [0.3, 0.4) is 0 Å². The Morgan fingerprint density at radius 3 is 2.42 bits per heavy atom. The molecule has 1 heterocycles. The fourth-order valence-corrected chi connectivity index (χ4v) is 4.66. The Balaban J connectivity index is 1.57. The molecule has 1 nitrogen and oxygen atoms in total. The van der Waals surface area contributed by atoms with E-state index in [4.69, 9.17) is 0 Å². The lowest BCUT2D eigenvalue weighted by atomic mass is 10.0. The molecule has 0 saturated heterocycles. The largest absolute Gasteiger partial charge is 0.416 e. The molecule has 0 saturated carbocycles. The van der Waals surface area contributed by atoms with Crippen molar-refractivity contribution in [3.8, 4) is 0 Å². The number of alkyl halides is 3. The summed E-state index contributed by atoms with van der Waals surface area (Å²) in [5, 5.41) is 3.11. The van der Waals surface area contributed by atoms with Crippen LogP contribution in [0.2, 0.25) is 0 Å². The number of aldehydes is 1. The fraction of sp³-hybridized carbons (Fsp3) is 0.421. The number of halogens is 3. The SMILES string of the molecule is O=Cc1ccccc1CCCCCCC[SH]1C=CC(C(F)(F)F)=C1. The van der Waals surface area contributed by atoms with Gasteiger partial charge in [-0.25, -0.2) is 10.9 Å². The zero-order valence-corrected chi connectivity index (χ0v) is 14.5. The van der Waals surface area contributed by atoms with Gasteiger partial charge in [0, 0.05) is 5.56 Å². The monoisotopic (exact) mass is 356 g/mol. The molecule has 0 spiro atoms. The van der Waals surface area contributed by atoms with E-state index < -0.39 is 22.6 Å². The third-order valence-electron chi connectivity index (χ3n) is 4.12. The maximum Gasteiger partial charge on any atom is 0.416 e. The van der Waals surface area contributed by atoms with E-state index in [0.717, 1.165) is 61.7 Å². The molecule has 0 N–H and O–H groups in total. The van der Waals surface area contributed by atoms with Crippen molar-refractivity contribution >= 4 is 17.2 Å². The topological polar surface area (TPSA) is 17.1 Å². The zero-order valence-electron chi connectivity index (χ0n) is 13.6. The lowest BCUT2D eigenvalue weighted by molar-refractivity contribution is -0.0878. The number of carbonyl (C=O) groups excluding carboxylic acids is 1. The van der Waals surface area contributed by atoms with Crippen molar-refractivity contribution in [1.29, 1.82) is 0 Å². The van der Waals surface area contributed by atoms with Gasteiger partial charge >= 0.3 is 6.18 Å². The standard InChI is InChI=1S/C19H23F3OS/c20-19(21,22)18-11-13-24(15-18)12-7-3-1-2-4-8-16-9-5-6-10-17(16)14-23/h5-6,9-11,13-15,24H,1-4,7-8,12H2. The molecule has 0 fully saturated rings. The summed E-state index contributed by atoms with van der Waals surface area (Å²) in [7, 11) is -0.717. The minimum atomic E-state index is -4.20. The average molecular weight is 356 g/mol. The van der Waals surface area contributed by atoms with Crippen molar-refractivity contribution in [3.05, 3.63) is 57.9 Å². The van der Waals surface area contributed by atoms with Crippen LogP contribution >= 0.6 is 10.9 Å². The second kappa shape index (κ2) is 9.11. The molecule has 1 atom stereocenters. The molecule has 1 aliphatic heterocycles. The highest BCUT2D eigenvalue weighted by Crippen LogP contribution is 2.42. The number of thiol groups is 1. The van der Waals surface area contributed by atoms with E-state index >= 15 is 0 Å². The number of unbranched alkanes of at least 4 members (excludes halogenated alkanes) is 4. The Bertz CT molecular complexity index is 605. The smallest absolute Gasteiger partial charge is 0.298 e. The summed E-state index contributed by atoms with van der Waals surface area (Å²) in [5.74, 6) is 0.847. The lowest BCUT2D eigenvalue weighted by Crippen LogP contribution is -2.08. The number of hydrogen-bond donors (Lipinski definition) is 1. The Morgan fingerprint density at radius 2 is 1.71 bits per heavy atom. The molecule has 0 amide bonds. The summed E-state index contributed by atoms with van der Waals surface area (Å²) in [5.41, 5.74) is 1.37. The Hall–Kier alpha value is -1.49. The van der Waals surface area contributed by atoms with Gasteiger partial charge in [-0.15, -0.1) is 0 Å². The van der Waals surface area contributed by atoms with E-state index in [1.807, 2.05) is 24.3 Å². The van der Waals surface area contributed by atoms with Crippen molar-refractivity contribution < 1.29 is 18.0 Å². The van der Waals surface area contributed by atoms with Crippen molar-refractivity contribution in [1.82, 2.24) is 0 Å². The van der Waals surface area contributed by atoms with Gasteiger partial charge in [-0.3, -0.25) is 4.79 Å². The summed E-state index contributed by atoms with van der Waals surface area (Å²) >= 11 is 0. The molecule has 1 unspecified atom stereocenters. The Morgan fingerprint density at radius 1 is 1.00 bits per heavy atom. The zero-order chi connectivity index (χ0) is 17.4. The van der Waals surface area contributed by atoms with Gasteiger partial charge in [-0.2, -0.15) is 13.2 Å². The van der Waals surface area contributed by atoms with Gasteiger partial charge in [0.25, 0.3) is 0 Å². The number of aryl methyl sites for hydroxylation is 1. The molecule has 5 heteroatoms. The van der Waals surface area contributed by atoms with Crippen molar-refractivity contribution in [3.63, 3.8) is 0 Å². The third-order valence-corrected chi connectivity index (χ3v) is 6.10. The Kier molecular flexibility index (Phi) is 7.16. The second-order valence-corrected chi connectivity index (χ2v) is 8.00. The molecule has 1 aromatic carbocycles. The fourth-order valence-electron chi connectivity index (χ4n) is 2.76. The van der Waals surface area contributed by atoms with Crippen LogP contribution in [0.25, 0.3) is 0 Å². The van der Waals surface area contributed by atoms with Crippen LogP contribution in [0, 0.1) is 0 Å². The first-order valence-corrected chi connectivity index (χ1v) is 9.93. The predicted molar refractivity (Wildman–Crippen MR) is 95.7 cm³/mol. The highest BCUT2D eigenvalue weighted by molar-refractivity contribution is 8.22. The summed E-state index contributed by atoms with van der Waals surface area (Å²) in [6, 6.07) is 7.64. The van der Waals surface area contributed by atoms with Crippen LogP contribution in [0.15, 0.2) is 46.7 Å². The molecule has 1 aliphatic rings. The van der Waals surface area contributed by atoms with Gasteiger partial charge in [0.15, 0.2) is 0 Å². The molecular weight excluding hydrogens is 333 g/mol. The highest BCUT2D eigenvalue weighted by Gasteiger charge is 2.33. The van der Waals surface area contributed by atoms with Gasteiger partial charge in [0.2, 0.25) is 0 Å². The third kappa shape index (κ3) is 5.86. The molecule has 24 heavy (non-hydrogen) atoms. The second-order valence-electron chi connectivity index (χ2n) is 5.97. The van der Waals surface area contributed by atoms with Gasteiger partial charge in [-0.1, -0.05) is 43.5 Å². The maximum absolute atomic E-state index is 12.5. The quantitative estimate of drug-likeness (QED) is 0.328. The first-order valence-electron chi connectivity index (χ1n) is 8.27. The minimum absolute atomic E-state index is 0.484. The van der Waals surface area contributed by atoms with Crippen molar-refractivity contribution in [2.75, 3.05) is 5.75 Å². The molecule has 0 radical (unpaired) electrons. The van der Waals surface area contributed by atoms with Crippen molar-refractivity contribution in [2.45, 2.75) is 44.7 Å². The number of benzene rings is 1. The lowest BCUT2D eigenvalue weighted by Gasteiger charge is -2.10. The highest BCUT2D eigenvalue weighted by atomic mass is 32.2. The van der Waals surface area contributed by atoms with Crippen LogP contribution in [0.5, 0.6) is 0 Å². The summed E-state index contributed by atoms with van der Waals surface area (Å²) in [6.45, 7) is 0. The molecule has 1 aromatic rings. The van der Waals surface area contributed by atoms with Gasteiger partial charge < -0.3 is 0 Å². The van der Waals surface area contributed by atoms with Crippen LogP contribution in [0.4, 0.5) is 13.2 Å². The normalized spacial score (nSPS) is 18.6. The first-order chi connectivity index (χ1) is 11.5. The predicted octanol–water partition coefficient (Wildman–Crippen LogP) is 5.97. The van der Waals surface area contributed by atoms with Gasteiger partial charge in [0.1, 0.15) is 6.29 Å². The van der Waals surface area contributed by atoms with E-state index in [2.05, 4.69) is 0 Å². The first kappa shape index (κ1) is 18.8. The minimum Gasteiger partial charge on any atom is -0.298 e. The summed E-state index contributed by atoms with van der Waals surface area (Å²) in [6.07, 6.45) is 4.06. The molecular formula is C19H23F3OS. The van der Waals surface area contributed by atoms with E-state index in [1.54, 1.807) is 5.41 Å². The van der Waals surface area contributed by atoms with Crippen LogP contribution < -0.4 is 0 Å². The van der Waals surface area contributed by atoms with Crippen LogP contribution in [0.1, 0.15) is 48.0 Å². The van der Waals surface area contributed by atoms with Crippen molar-refractivity contribution in [2.24, 2.45) is 0 Å². The van der Waals surface area contributed by atoms with E-state index in [9.17, 15) is 18.0 Å². The summed E-state index contributed by atoms with van der Waals surface area (Å²) < 4.78 is 37.6. The van der Waals surface area contributed by atoms with Gasteiger partial charge in [-0.05, 0) is 47.5 Å². The number of hydrogen-bond acceptors (Lipinski definition) is 1. The summed E-state index contributed by atoms with van der Waals surface area (Å²) in [4.78, 5) is 10.9. The van der Waals surface area contributed by atoms with E-state index in [0.29, 0.717) is 0 Å². The van der Waals surface area contributed by atoms with Gasteiger partial charge in [0.05, 0.1) is 5.57 Å². The Labute approximate surface area is 144 Å². The van der Waals surface area contributed by atoms with Crippen LogP contribution in [-0.2, 0) is 6.42 Å². The molecule has 0 aliphatic carbocycles. The maximum atomic E-state index is 12.5. The number of carbonyl (C=O) groups is 1.